The highest BCUT2D eigenvalue weighted by molar-refractivity contribution is 5.15. The van der Waals surface area contributed by atoms with Gasteiger partial charge in [0.2, 0.25) is 0 Å². The molecule has 0 heterocycles. The van der Waals surface area contributed by atoms with Gasteiger partial charge in [-0.1, -0.05) is 37.3 Å². The van der Waals surface area contributed by atoms with Crippen LogP contribution in [0.1, 0.15) is 18.9 Å². The van der Waals surface area contributed by atoms with Crippen molar-refractivity contribution in [1.82, 2.24) is 10.6 Å². The van der Waals surface area contributed by atoms with Crippen LogP contribution < -0.4 is 16.4 Å². The van der Waals surface area contributed by atoms with Crippen LogP contribution in [0.25, 0.3) is 0 Å². The number of benzene rings is 1. The van der Waals surface area contributed by atoms with E-state index in [0.717, 1.165) is 39.0 Å². The standard InChI is InChI=1S/C14H25N3/c1-2-17-14(12-16-10-6-9-15)11-13-7-4-3-5-8-13/h3-5,7-8,14,16-17H,2,6,9-12,15H2,1H3/t14-/m0/s1. The van der Waals surface area contributed by atoms with E-state index in [4.69, 9.17) is 5.73 Å². The second-order valence-corrected chi connectivity index (χ2v) is 4.29. The fraction of sp³-hybridized carbons (Fsp3) is 0.571. The largest absolute Gasteiger partial charge is 0.330 e. The minimum atomic E-state index is 0.500. The normalized spacial score (nSPS) is 12.6. The first-order chi connectivity index (χ1) is 8.36. The third-order valence-electron chi connectivity index (χ3n) is 2.77. The number of rotatable bonds is 9. The molecule has 0 aliphatic heterocycles. The van der Waals surface area contributed by atoms with Gasteiger partial charge in [-0.2, -0.15) is 0 Å². The molecule has 3 heteroatoms. The first-order valence-electron chi connectivity index (χ1n) is 6.55. The predicted molar refractivity (Wildman–Crippen MR) is 74.2 cm³/mol. The fourth-order valence-corrected chi connectivity index (χ4v) is 1.91. The maximum absolute atomic E-state index is 5.47. The topological polar surface area (TPSA) is 50.1 Å². The maximum Gasteiger partial charge on any atom is 0.0232 e. The number of likely N-dealkylation sites (N-methyl/N-ethyl adjacent to an activating group) is 1. The summed E-state index contributed by atoms with van der Waals surface area (Å²) in [7, 11) is 0. The Balaban J connectivity index is 2.32. The molecule has 0 aromatic heterocycles. The first kappa shape index (κ1) is 14.2. The second kappa shape index (κ2) is 9.16. The van der Waals surface area contributed by atoms with E-state index in [1.165, 1.54) is 5.56 Å². The van der Waals surface area contributed by atoms with E-state index in [1.54, 1.807) is 0 Å². The zero-order valence-electron chi connectivity index (χ0n) is 10.8. The highest BCUT2D eigenvalue weighted by Gasteiger charge is 2.07. The van der Waals surface area contributed by atoms with Crippen LogP contribution in [-0.4, -0.2) is 32.2 Å². The molecule has 0 spiro atoms. The van der Waals surface area contributed by atoms with Crippen molar-refractivity contribution >= 4 is 0 Å². The molecule has 0 unspecified atom stereocenters. The average Bonchev–Trinajstić information content (AvgIpc) is 2.36. The van der Waals surface area contributed by atoms with Crippen molar-refractivity contribution in [2.45, 2.75) is 25.8 Å². The molecule has 0 amide bonds. The van der Waals surface area contributed by atoms with Gasteiger partial charge < -0.3 is 16.4 Å². The van der Waals surface area contributed by atoms with E-state index in [2.05, 4.69) is 47.9 Å². The van der Waals surface area contributed by atoms with E-state index in [1.807, 2.05) is 0 Å². The molecule has 1 aromatic rings. The molecule has 1 rings (SSSR count). The van der Waals surface area contributed by atoms with Crippen molar-refractivity contribution in [3.05, 3.63) is 35.9 Å². The molecule has 0 aliphatic rings. The molecule has 17 heavy (non-hydrogen) atoms. The third-order valence-corrected chi connectivity index (χ3v) is 2.77. The molecule has 0 saturated heterocycles. The van der Waals surface area contributed by atoms with Gasteiger partial charge in [-0.3, -0.25) is 0 Å². The summed E-state index contributed by atoms with van der Waals surface area (Å²) in [5, 5.41) is 6.96. The molecule has 1 atom stereocenters. The number of hydrogen-bond acceptors (Lipinski definition) is 3. The lowest BCUT2D eigenvalue weighted by molar-refractivity contribution is 0.479. The van der Waals surface area contributed by atoms with E-state index in [9.17, 15) is 0 Å². The summed E-state index contributed by atoms with van der Waals surface area (Å²) in [6.07, 6.45) is 2.12. The van der Waals surface area contributed by atoms with Crippen LogP contribution >= 0.6 is 0 Å². The van der Waals surface area contributed by atoms with Gasteiger partial charge in [0.05, 0.1) is 0 Å². The minimum Gasteiger partial charge on any atom is -0.330 e. The molecule has 4 N–H and O–H groups in total. The Kier molecular flexibility index (Phi) is 7.63. The lowest BCUT2D eigenvalue weighted by atomic mass is 10.1. The Morgan fingerprint density at radius 3 is 2.65 bits per heavy atom. The molecule has 0 saturated carbocycles. The number of nitrogens with two attached hydrogens (primary N) is 1. The summed E-state index contributed by atoms with van der Waals surface area (Å²) < 4.78 is 0. The molecule has 0 aliphatic carbocycles. The number of hydrogen-bond donors (Lipinski definition) is 3. The fourth-order valence-electron chi connectivity index (χ4n) is 1.91. The van der Waals surface area contributed by atoms with Crippen LogP contribution in [0.2, 0.25) is 0 Å². The third kappa shape index (κ3) is 6.41. The van der Waals surface area contributed by atoms with Gasteiger partial charge in [-0.25, -0.2) is 0 Å². The molecular weight excluding hydrogens is 210 g/mol. The molecular formula is C14H25N3. The van der Waals surface area contributed by atoms with Crippen molar-refractivity contribution in [2.75, 3.05) is 26.2 Å². The van der Waals surface area contributed by atoms with Crippen LogP contribution in [0.4, 0.5) is 0 Å². The van der Waals surface area contributed by atoms with Crippen LogP contribution in [0.5, 0.6) is 0 Å². The first-order valence-corrected chi connectivity index (χ1v) is 6.55. The van der Waals surface area contributed by atoms with Crippen molar-refractivity contribution in [3.63, 3.8) is 0 Å². The monoisotopic (exact) mass is 235 g/mol. The molecule has 96 valence electrons. The van der Waals surface area contributed by atoms with Crippen LogP contribution in [0.3, 0.4) is 0 Å². The highest BCUT2D eigenvalue weighted by Crippen LogP contribution is 2.02. The minimum absolute atomic E-state index is 0.500. The van der Waals surface area contributed by atoms with Gasteiger partial charge in [-0.15, -0.1) is 0 Å². The van der Waals surface area contributed by atoms with Gasteiger partial charge in [0.15, 0.2) is 0 Å². The Bertz CT molecular complexity index is 274. The van der Waals surface area contributed by atoms with Crippen molar-refractivity contribution in [3.8, 4) is 0 Å². The molecule has 0 fully saturated rings. The molecule has 1 aromatic carbocycles. The molecule has 3 nitrogen and oxygen atoms in total. The maximum atomic E-state index is 5.47. The van der Waals surface area contributed by atoms with Gasteiger partial charge in [0.1, 0.15) is 0 Å². The van der Waals surface area contributed by atoms with E-state index >= 15 is 0 Å². The lowest BCUT2D eigenvalue weighted by Crippen LogP contribution is -2.40. The summed E-state index contributed by atoms with van der Waals surface area (Å²) in [6, 6.07) is 11.1. The average molecular weight is 235 g/mol. The van der Waals surface area contributed by atoms with E-state index < -0.39 is 0 Å². The van der Waals surface area contributed by atoms with Crippen molar-refractivity contribution in [1.29, 1.82) is 0 Å². The second-order valence-electron chi connectivity index (χ2n) is 4.29. The summed E-state index contributed by atoms with van der Waals surface area (Å²) in [5.41, 5.74) is 6.86. The summed E-state index contributed by atoms with van der Waals surface area (Å²) >= 11 is 0. The zero-order valence-corrected chi connectivity index (χ0v) is 10.8. The van der Waals surface area contributed by atoms with Crippen LogP contribution in [0, 0.1) is 0 Å². The predicted octanol–water partition coefficient (Wildman–Crippen LogP) is 1.15. The summed E-state index contributed by atoms with van der Waals surface area (Å²) in [6.45, 7) is 5.93. The lowest BCUT2D eigenvalue weighted by Gasteiger charge is -2.18. The smallest absolute Gasteiger partial charge is 0.0232 e. The van der Waals surface area contributed by atoms with Crippen molar-refractivity contribution in [2.24, 2.45) is 5.73 Å². The Morgan fingerprint density at radius 1 is 1.24 bits per heavy atom. The van der Waals surface area contributed by atoms with Gasteiger partial charge >= 0.3 is 0 Å². The quantitative estimate of drug-likeness (QED) is 0.563. The summed E-state index contributed by atoms with van der Waals surface area (Å²) in [4.78, 5) is 0. The number of nitrogens with one attached hydrogen (secondary N) is 2. The summed E-state index contributed by atoms with van der Waals surface area (Å²) in [5.74, 6) is 0. The highest BCUT2D eigenvalue weighted by atomic mass is 15.0. The SMILES string of the molecule is CCN[C@H](CNCCCN)Cc1ccccc1. The van der Waals surface area contributed by atoms with Gasteiger partial charge in [0, 0.05) is 12.6 Å². The Morgan fingerprint density at radius 2 is 2.00 bits per heavy atom. The Hall–Kier alpha value is -0.900. The van der Waals surface area contributed by atoms with Crippen LogP contribution in [-0.2, 0) is 6.42 Å². The van der Waals surface area contributed by atoms with Gasteiger partial charge in [-0.05, 0) is 38.0 Å². The van der Waals surface area contributed by atoms with E-state index in [0.29, 0.717) is 6.04 Å². The Labute approximate surface area is 105 Å². The van der Waals surface area contributed by atoms with Crippen molar-refractivity contribution < 1.29 is 0 Å². The van der Waals surface area contributed by atoms with E-state index in [-0.39, 0.29) is 0 Å². The van der Waals surface area contributed by atoms with Gasteiger partial charge in [0.25, 0.3) is 0 Å². The molecule has 0 radical (unpaired) electrons. The zero-order chi connectivity index (χ0) is 12.3. The molecule has 0 bridgehead atoms. The van der Waals surface area contributed by atoms with Crippen LogP contribution in [0.15, 0.2) is 30.3 Å².